The molecule has 0 bridgehead atoms. The number of nitrogens with zero attached hydrogens (tertiary/aromatic N) is 6. The number of piperidine rings is 1. The van der Waals surface area contributed by atoms with Crippen molar-refractivity contribution >= 4 is 5.91 Å². The fourth-order valence-electron chi connectivity index (χ4n) is 2.60. The Morgan fingerprint density at radius 3 is 3.20 bits per heavy atom. The van der Waals surface area contributed by atoms with Crippen LogP contribution in [0.2, 0.25) is 0 Å². The molecule has 8 nitrogen and oxygen atoms in total. The highest BCUT2D eigenvalue weighted by Crippen LogP contribution is 2.25. The van der Waals surface area contributed by atoms with Gasteiger partial charge < -0.3 is 4.90 Å². The van der Waals surface area contributed by atoms with Crippen LogP contribution in [0.25, 0.3) is 0 Å². The molecule has 0 radical (unpaired) electrons. The number of hydrogen-bond donors (Lipinski definition) is 1. The number of likely N-dealkylation sites (tertiary alicyclic amines) is 1. The van der Waals surface area contributed by atoms with Crippen LogP contribution in [-0.2, 0) is 11.3 Å². The molecular weight excluding hydrogens is 258 g/mol. The van der Waals surface area contributed by atoms with Crippen LogP contribution in [0, 0.1) is 0 Å². The van der Waals surface area contributed by atoms with Crippen LogP contribution in [0.5, 0.6) is 0 Å². The fourth-order valence-corrected chi connectivity index (χ4v) is 2.60. The molecule has 0 saturated carbocycles. The van der Waals surface area contributed by atoms with Crippen LogP contribution in [0.1, 0.15) is 30.9 Å². The second-order valence-electron chi connectivity index (χ2n) is 5.01. The number of hydrogen-bond acceptors (Lipinski definition) is 5. The zero-order valence-electron chi connectivity index (χ0n) is 11.1. The Bertz CT molecular complexity index is 536. The molecular formula is C12H17N7O. The number of carbonyl (C=O) groups is 1. The summed E-state index contributed by atoms with van der Waals surface area (Å²) in [7, 11) is 0. The fraction of sp³-hybridized carbons (Fsp3) is 0.583. The van der Waals surface area contributed by atoms with E-state index in [9.17, 15) is 4.79 Å². The van der Waals surface area contributed by atoms with Gasteiger partial charge in [0.25, 0.3) is 0 Å². The van der Waals surface area contributed by atoms with Crippen molar-refractivity contribution in [1.82, 2.24) is 35.3 Å². The average molecular weight is 275 g/mol. The lowest BCUT2D eigenvalue weighted by molar-refractivity contribution is -0.132. The zero-order valence-corrected chi connectivity index (χ0v) is 11.1. The van der Waals surface area contributed by atoms with E-state index in [1.165, 1.54) is 6.33 Å². The molecule has 1 fully saturated rings. The van der Waals surface area contributed by atoms with E-state index >= 15 is 0 Å². The summed E-state index contributed by atoms with van der Waals surface area (Å²) < 4.78 is 1.58. The van der Waals surface area contributed by atoms with E-state index in [0.717, 1.165) is 31.6 Å². The summed E-state index contributed by atoms with van der Waals surface area (Å²) in [4.78, 5) is 14.2. The van der Waals surface area contributed by atoms with Crippen LogP contribution in [0.4, 0.5) is 0 Å². The third-order valence-corrected chi connectivity index (χ3v) is 3.68. The highest BCUT2D eigenvalue weighted by molar-refractivity contribution is 5.76. The van der Waals surface area contributed by atoms with Crippen molar-refractivity contribution in [2.45, 2.75) is 31.7 Å². The topological polar surface area (TPSA) is 92.6 Å². The molecule has 8 heteroatoms. The lowest BCUT2D eigenvalue weighted by Crippen LogP contribution is -2.39. The molecule has 1 aliphatic rings. The lowest BCUT2D eigenvalue weighted by atomic mass is 9.95. The van der Waals surface area contributed by atoms with Gasteiger partial charge in [-0.3, -0.25) is 9.89 Å². The van der Waals surface area contributed by atoms with Gasteiger partial charge in [-0.05, 0) is 29.3 Å². The molecule has 2 aromatic rings. The van der Waals surface area contributed by atoms with Crippen LogP contribution in [-0.4, -0.2) is 54.3 Å². The maximum Gasteiger partial charge on any atom is 0.224 e. The maximum absolute atomic E-state index is 12.2. The number of nitrogens with one attached hydrogen (secondary N) is 1. The van der Waals surface area contributed by atoms with Gasteiger partial charge in [-0.2, -0.15) is 5.10 Å². The minimum absolute atomic E-state index is 0.157. The van der Waals surface area contributed by atoms with Gasteiger partial charge in [0.1, 0.15) is 6.33 Å². The Kier molecular flexibility index (Phi) is 3.71. The number of H-pyrrole nitrogens is 1. The molecule has 1 aliphatic heterocycles. The van der Waals surface area contributed by atoms with E-state index < -0.39 is 0 Å². The van der Waals surface area contributed by atoms with Crippen molar-refractivity contribution in [3.05, 3.63) is 24.3 Å². The Labute approximate surface area is 116 Å². The summed E-state index contributed by atoms with van der Waals surface area (Å²) in [5, 5.41) is 17.9. The van der Waals surface area contributed by atoms with Gasteiger partial charge in [0.2, 0.25) is 5.91 Å². The normalized spacial score (nSPS) is 19.2. The molecule has 1 saturated heterocycles. The van der Waals surface area contributed by atoms with Gasteiger partial charge >= 0.3 is 0 Å². The number of amides is 1. The van der Waals surface area contributed by atoms with E-state index in [4.69, 9.17) is 0 Å². The third kappa shape index (κ3) is 2.84. The Balaban J connectivity index is 1.55. The quantitative estimate of drug-likeness (QED) is 0.860. The molecule has 0 spiro atoms. The highest BCUT2D eigenvalue weighted by Gasteiger charge is 2.25. The first kappa shape index (κ1) is 12.8. The standard InChI is InChI=1S/C12H17N7O/c20-12(4-7-19-9-14-16-17-19)18-6-1-2-10(8-18)11-3-5-13-15-11/h3,5,9-10H,1-2,4,6-8H2,(H,13,15)/t10-/m1/s1. The third-order valence-electron chi connectivity index (χ3n) is 3.68. The van der Waals surface area contributed by atoms with Gasteiger partial charge in [0.15, 0.2) is 0 Å². The summed E-state index contributed by atoms with van der Waals surface area (Å²) in [5.74, 6) is 0.521. The van der Waals surface area contributed by atoms with Gasteiger partial charge in [-0.15, -0.1) is 5.10 Å². The summed E-state index contributed by atoms with van der Waals surface area (Å²) in [6.45, 7) is 2.12. The SMILES string of the molecule is O=C(CCn1cnnn1)N1CCC[C@@H](c2ccn[nH]2)C1. The lowest BCUT2D eigenvalue weighted by Gasteiger charge is -2.32. The zero-order chi connectivity index (χ0) is 13.8. The predicted octanol–water partition coefficient (Wildman–Crippen LogP) is 0.192. The first-order valence-corrected chi connectivity index (χ1v) is 6.81. The van der Waals surface area contributed by atoms with Gasteiger partial charge in [-0.1, -0.05) is 0 Å². The maximum atomic E-state index is 12.2. The summed E-state index contributed by atoms with van der Waals surface area (Å²) in [6, 6.07) is 1.99. The highest BCUT2D eigenvalue weighted by atomic mass is 16.2. The van der Waals surface area contributed by atoms with E-state index in [2.05, 4.69) is 25.7 Å². The van der Waals surface area contributed by atoms with Crippen LogP contribution in [0.3, 0.4) is 0 Å². The second-order valence-corrected chi connectivity index (χ2v) is 5.01. The molecule has 0 unspecified atom stereocenters. The predicted molar refractivity (Wildman–Crippen MR) is 69.6 cm³/mol. The van der Waals surface area contributed by atoms with Gasteiger partial charge in [0, 0.05) is 37.3 Å². The van der Waals surface area contributed by atoms with Gasteiger partial charge in [-0.25, -0.2) is 4.68 Å². The summed E-state index contributed by atoms with van der Waals surface area (Å²) >= 11 is 0. The second kappa shape index (κ2) is 5.81. The first-order chi connectivity index (χ1) is 9.83. The summed E-state index contributed by atoms with van der Waals surface area (Å²) in [6.07, 6.45) is 5.84. The van der Waals surface area contributed by atoms with Crippen molar-refractivity contribution in [3.63, 3.8) is 0 Å². The Morgan fingerprint density at radius 1 is 1.50 bits per heavy atom. The number of aromatic amines is 1. The van der Waals surface area contributed by atoms with Crippen molar-refractivity contribution in [3.8, 4) is 0 Å². The van der Waals surface area contributed by atoms with Crippen LogP contribution in [0.15, 0.2) is 18.6 Å². The molecule has 106 valence electrons. The Hall–Kier alpha value is -2.25. The molecule has 0 aliphatic carbocycles. The molecule has 20 heavy (non-hydrogen) atoms. The van der Waals surface area contributed by atoms with Crippen LogP contribution >= 0.6 is 0 Å². The van der Waals surface area contributed by atoms with Crippen molar-refractivity contribution in [2.75, 3.05) is 13.1 Å². The van der Waals surface area contributed by atoms with Crippen LogP contribution < -0.4 is 0 Å². The van der Waals surface area contributed by atoms with Crippen molar-refractivity contribution in [1.29, 1.82) is 0 Å². The molecule has 0 aromatic carbocycles. The average Bonchev–Trinajstić information content (AvgIpc) is 3.18. The van der Waals surface area contributed by atoms with E-state index in [1.807, 2.05) is 11.0 Å². The Morgan fingerprint density at radius 2 is 2.45 bits per heavy atom. The number of tetrazole rings is 1. The molecule has 3 heterocycles. The minimum Gasteiger partial charge on any atom is -0.342 e. The van der Waals surface area contributed by atoms with E-state index in [1.54, 1.807) is 10.9 Å². The smallest absolute Gasteiger partial charge is 0.224 e. The molecule has 1 amide bonds. The monoisotopic (exact) mass is 275 g/mol. The van der Waals surface area contributed by atoms with Gasteiger partial charge in [0.05, 0.1) is 6.54 Å². The number of aromatic nitrogens is 6. The molecule has 3 rings (SSSR count). The van der Waals surface area contributed by atoms with E-state index in [-0.39, 0.29) is 5.91 Å². The largest absolute Gasteiger partial charge is 0.342 e. The number of aryl methyl sites for hydroxylation is 1. The summed E-state index contributed by atoms with van der Waals surface area (Å²) in [5.41, 5.74) is 1.11. The van der Waals surface area contributed by atoms with Crippen molar-refractivity contribution in [2.24, 2.45) is 0 Å². The molecule has 1 N–H and O–H groups in total. The number of carbonyl (C=O) groups excluding carboxylic acids is 1. The van der Waals surface area contributed by atoms with Crippen molar-refractivity contribution < 1.29 is 4.79 Å². The van der Waals surface area contributed by atoms with E-state index in [0.29, 0.717) is 18.9 Å². The molecule has 2 aromatic heterocycles. The first-order valence-electron chi connectivity index (χ1n) is 6.81. The minimum atomic E-state index is 0.157. The molecule has 1 atom stereocenters. The number of rotatable bonds is 4.